The molecule has 21 heavy (non-hydrogen) atoms. The monoisotopic (exact) mass is 284 g/mol. The van der Waals surface area contributed by atoms with Crippen molar-refractivity contribution in [3.8, 4) is 0 Å². The van der Waals surface area contributed by atoms with Gasteiger partial charge in [-0.1, -0.05) is 26.8 Å². The molecule has 0 amide bonds. The number of aromatic nitrogens is 1. The fourth-order valence-electron chi connectivity index (χ4n) is 4.26. The van der Waals surface area contributed by atoms with Gasteiger partial charge in [-0.2, -0.15) is 0 Å². The number of fused-ring (bicyclic) bond motifs is 3. The second-order valence-corrected chi connectivity index (χ2v) is 7.92. The van der Waals surface area contributed by atoms with Crippen molar-refractivity contribution >= 4 is 11.1 Å². The van der Waals surface area contributed by atoms with Crippen LogP contribution in [0.3, 0.4) is 0 Å². The fourth-order valence-corrected chi connectivity index (χ4v) is 4.26. The first-order valence-electron chi connectivity index (χ1n) is 8.10. The van der Waals surface area contributed by atoms with Crippen LogP contribution in [0, 0.1) is 11.8 Å². The Morgan fingerprint density at radius 2 is 1.95 bits per heavy atom. The van der Waals surface area contributed by atoms with Crippen molar-refractivity contribution in [1.29, 1.82) is 0 Å². The summed E-state index contributed by atoms with van der Waals surface area (Å²) in [6.45, 7) is 6.67. The molecule has 0 aliphatic heterocycles. The van der Waals surface area contributed by atoms with Crippen LogP contribution in [0.2, 0.25) is 0 Å². The lowest BCUT2D eigenvalue weighted by Crippen LogP contribution is -2.34. The van der Waals surface area contributed by atoms with Crippen LogP contribution in [0.1, 0.15) is 57.4 Å². The average Bonchev–Trinajstić information content (AvgIpc) is 3.09. The zero-order chi connectivity index (χ0) is 14.8. The number of hydrogen-bond donors (Lipinski definition) is 1. The van der Waals surface area contributed by atoms with Crippen molar-refractivity contribution in [1.82, 2.24) is 4.98 Å². The Morgan fingerprint density at radius 1 is 1.19 bits per heavy atom. The van der Waals surface area contributed by atoms with Crippen molar-refractivity contribution in [3.63, 3.8) is 0 Å². The summed E-state index contributed by atoms with van der Waals surface area (Å²) >= 11 is 0. The summed E-state index contributed by atoms with van der Waals surface area (Å²) in [6, 6.07) is 6.61. The van der Waals surface area contributed by atoms with Gasteiger partial charge in [0.2, 0.25) is 0 Å². The number of oxazole rings is 1. The maximum atomic E-state index is 6.42. The summed E-state index contributed by atoms with van der Waals surface area (Å²) in [4.78, 5) is 4.79. The van der Waals surface area contributed by atoms with Crippen molar-refractivity contribution < 1.29 is 4.42 Å². The fraction of sp³-hybridized carbons (Fsp3) is 0.611. The van der Waals surface area contributed by atoms with Gasteiger partial charge in [-0.05, 0) is 54.2 Å². The summed E-state index contributed by atoms with van der Waals surface area (Å²) < 4.78 is 6.05. The molecule has 3 heteroatoms. The van der Waals surface area contributed by atoms with E-state index in [2.05, 4.69) is 39.0 Å². The Balaban J connectivity index is 1.74. The topological polar surface area (TPSA) is 52.0 Å². The Morgan fingerprint density at radius 3 is 2.62 bits per heavy atom. The van der Waals surface area contributed by atoms with Crippen LogP contribution in [-0.4, -0.2) is 11.0 Å². The molecule has 2 fully saturated rings. The standard InChI is InChI=1S/C18H24N2O/c1-18(2,3)12-6-7-14-13(9-12)20-17(21-14)15-10-4-5-11(8-10)16(15)19/h6-7,9-11,15-16H,4-5,8,19H2,1-3H3. The molecule has 3 nitrogen and oxygen atoms in total. The number of nitrogens with two attached hydrogens (primary N) is 1. The van der Waals surface area contributed by atoms with Gasteiger partial charge in [0.05, 0.1) is 5.92 Å². The Labute approximate surface area is 125 Å². The number of hydrogen-bond acceptors (Lipinski definition) is 3. The highest BCUT2D eigenvalue weighted by atomic mass is 16.3. The molecule has 0 spiro atoms. The molecule has 4 rings (SSSR count). The van der Waals surface area contributed by atoms with E-state index in [4.69, 9.17) is 15.1 Å². The van der Waals surface area contributed by atoms with Gasteiger partial charge in [0, 0.05) is 6.04 Å². The minimum Gasteiger partial charge on any atom is -0.440 e. The molecule has 2 saturated carbocycles. The zero-order valence-electron chi connectivity index (χ0n) is 13.1. The van der Waals surface area contributed by atoms with Gasteiger partial charge in [-0.15, -0.1) is 0 Å². The van der Waals surface area contributed by atoms with E-state index >= 15 is 0 Å². The third-order valence-electron chi connectivity index (χ3n) is 5.54. The SMILES string of the molecule is CC(C)(C)c1ccc2oc(C3C4CCC(C4)C3N)nc2c1. The van der Waals surface area contributed by atoms with Gasteiger partial charge in [-0.25, -0.2) is 4.98 Å². The highest BCUT2D eigenvalue weighted by Gasteiger charge is 2.48. The molecule has 1 aromatic carbocycles. The van der Waals surface area contributed by atoms with Crippen molar-refractivity contribution in [2.45, 2.75) is 57.4 Å². The molecule has 0 saturated heterocycles. The Bertz CT molecular complexity index is 680. The highest BCUT2D eigenvalue weighted by molar-refractivity contribution is 5.74. The lowest BCUT2D eigenvalue weighted by Gasteiger charge is -2.25. The molecule has 1 aromatic heterocycles. The molecule has 2 aliphatic rings. The largest absolute Gasteiger partial charge is 0.440 e. The van der Waals surface area contributed by atoms with Crippen LogP contribution >= 0.6 is 0 Å². The van der Waals surface area contributed by atoms with Crippen LogP contribution in [0.5, 0.6) is 0 Å². The van der Waals surface area contributed by atoms with E-state index in [1.807, 2.05) is 0 Å². The lowest BCUT2D eigenvalue weighted by molar-refractivity contribution is 0.317. The van der Waals surface area contributed by atoms with E-state index in [1.54, 1.807) is 0 Å². The van der Waals surface area contributed by atoms with Crippen LogP contribution < -0.4 is 5.73 Å². The van der Waals surface area contributed by atoms with Gasteiger partial charge in [0.25, 0.3) is 0 Å². The first-order chi connectivity index (χ1) is 9.93. The van der Waals surface area contributed by atoms with E-state index in [-0.39, 0.29) is 11.5 Å². The Hall–Kier alpha value is -1.35. The maximum absolute atomic E-state index is 6.42. The number of rotatable bonds is 1. The van der Waals surface area contributed by atoms with Gasteiger partial charge >= 0.3 is 0 Å². The first-order valence-corrected chi connectivity index (χ1v) is 8.10. The van der Waals surface area contributed by atoms with Crippen molar-refractivity contribution in [2.24, 2.45) is 17.6 Å². The third-order valence-corrected chi connectivity index (χ3v) is 5.54. The first kappa shape index (κ1) is 13.3. The summed E-state index contributed by atoms with van der Waals surface area (Å²) in [5, 5.41) is 0. The lowest BCUT2D eigenvalue weighted by atomic mass is 9.85. The zero-order valence-corrected chi connectivity index (χ0v) is 13.1. The summed E-state index contributed by atoms with van der Waals surface area (Å²) in [6.07, 6.45) is 3.84. The minimum atomic E-state index is 0.135. The molecule has 2 N–H and O–H groups in total. The average molecular weight is 284 g/mol. The predicted molar refractivity (Wildman–Crippen MR) is 84.3 cm³/mol. The van der Waals surface area contributed by atoms with Crippen LogP contribution in [0.4, 0.5) is 0 Å². The molecule has 4 unspecified atom stereocenters. The van der Waals surface area contributed by atoms with Crippen molar-refractivity contribution in [2.75, 3.05) is 0 Å². The highest BCUT2D eigenvalue weighted by Crippen LogP contribution is 2.52. The van der Waals surface area contributed by atoms with Gasteiger partial charge in [0.1, 0.15) is 5.52 Å². The second-order valence-electron chi connectivity index (χ2n) is 7.92. The van der Waals surface area contributed by atoms with E-state index < -0.39 is 0 Å². The van der Waals surface area contributed by atoms with Gasteiger partial charge in [-0.3, -0.25) is 0 Å². The maximum Gasteiger partial charge on any atom is 0.200 e. The number of nitrogens with zero attached hydrogens (tertiary/aromatic N) is 1. The molecular formula is C18H24N2O. The Kier molecular flexibility index (Phi) is 2.74. The van der Waals surface area contributed by atoms with Crippen LogP contribution in [-0.2, 0) is 5.41 Å². The molecule has 4 atom stereocenters. The second kappa shape index (κ2) is 4.33. The molecule has 2 bridgehead atoms. The number of benzene rings is 1. The van der Waals surface area contributed by atoms with E-state index in [9.17, 15) is 0 Å². The molecule has 2 aromatic rings. The normalized spacial score (nSPS) is 32.2. The molecule has 112 valence electrons. The summed E-state index contributed by atoms with van der Waals surface area (Å²) in [5.41, 5.74) is 9.73. The summed E-state index contributed by atoms with van der Waals surface area (Å²) in [5.74, 6) is 2.56. The molecule has 1 heterocycles. The van der Waals surface area contributed by atoms with Crippen LogP contribution in [0.15, 0.2) is 22.6 Å². The smallest absolute Gasteiger partial charge is 0.200 e. The van der Waals surface area contributed by atoms with Crippen molar-refractivity contribution in [3.05, 3.63) is 29.7 Å². The predicted octanol–water partition coefficient (Wildman–Crippen LogP) is 3.97. The summed E-state index contributed by atoms with van der Waals surface area (Å²) in [7, 11) is 0. The molecule has 0 radical (unpaired) electrons. The van der Waals surface area contributed by atoms with E-state index in [1.165, 1.54) is 24.8 Å². The van der Waals surface area contributed by atoms with E-state index in [0.29, 0.717) is 17.8 Å². The van der Waals surface area contributed by atoms with Gasteiger partial charge < -0.3 is 10.2 Å². The van der Waals surface area contributed by atoms with E-state index in [0.717, 1.165) is 17.0 Å². The van der Waals surface area contributed by atoms with Gasteiger partial charge in [0.15, 0.2) is 11.5 Å². The molecular weight excluding hydrogens is 260 g/mol. The molecule has 2 aliphatic carbocycles. The van der Waals surface area contributed by atoms with Crippen LogP contribution in [0.25, 0.3) is 11.1 Å². The third kappa shape index (κ3) is 2.02. The minimum absolute atomic E-state index is 0.135. The quantitative estimate of drug-likeness (QED) is 0.862.